The van der Waals surface area contributed by atoms with Crippen molar-refractivity contribution >= 4 is 11.7 Å². The number of carbonyl (C=O) groups excluding carboxylic acids is 1. The average molecular weight is 353 g/mol. The van der Waals surface area contributed by atoms with Gasteiger partial charge in [-0.1, -0.05) is 37.3 Å². The van der Waals surface area contributed by atoms with E-state index in [1.807, 2.05) is 30.3 Å². The Morgan fingerprint density at radius 2 is 1.92 bits per heavy atom. The average Bonchev–Trinajstić information content (AvgIpc) is 2.60. The number of carbonyl (C=O) groups is 1. The third kappa shape index (κ3) is 6.07. The summed E-state index contributed by atoms with van der Waals surface area (Å²) in [6.45, 7) is 2.29. The lowest BCUT2D eigenvalue weighted by atomic mass is 10.2. The Morgan fingerprint density at radius 1 is 1.20 bits per heavy atom. The molecule has 1 amide bonds. The number of hydrogen-bond donors (Lipinski definition) is 2. The largest absolute Gasteiger partial charge is 0.417 e. The highest BCUT2D eigenvalue weighted by molar-refractivity contribution is 5.79. The number of halogens is 3. The SMILES string of the molecule is C[C@H](COCc1ccccc1)C(=O)NNc1ccc(C(F)(F)F)cn1. The van der Waals surface area contributed by atoms with Gasteiger partial charge in [0.15, 0.2) is 0 Å². The third-order valence-electron chi connectivity index (χ3n) is 3.33. The van der Waals surface area contributed by atoms with Crippen LogP contribution in [0.25, 0.3) is 0 Å². The number of nitrogens with zero attached hydrogens (tertiary/aromatic N) is 1. The van der Waals surface area contributed by atoms with Crippen LogP contribution in [0.3, 0.4) is 0 Å². The normalized spacial score (nSPS) is 12.5. The number of amides is 1. The Bertz CT molecular complexity index is 676. The predicted molar refractivity (Wildman–Crippen MR) is 86.3 cm³/mol. The van der Waals surface area contributed by atoms with E-state index in [1.54, 1.807) is 6.92 Å². The van der Waals surface area contributed by atoms with Gasteiger partial charge in [0.1, 0.15) is 5.82 Å². The molecule has 1 aromatic carbocycles. The molecule has 0 aliphatic carbocycles. The fourth-order valence-electron chi connectivity index (χ4n) is 1.89. The Morgan fingerprint density at radius 3 is 2.52 bits per heavy atom. The number of aromatic nitrogens is 1. The number of hydrogen-bond acceptors (Lipinski definition) is 4. The van der Waals surface area contributed by atoms with E-state index in [-0.39, 0.29) is 18.3 Å². The quantitative estimate of drug-likeness (QED) is 0.749. The molecule has 0 radical (unpaired) electrons. The van der Waals surface area contributed by atoms with Gasteiger partial charge >= 0.3 is 6.18 Å². The van der Waals surface area contributed by atoms with Gasteiger partial charge < -0.3 is 4.74 Å². The van der Waals surface area contributed by atoms with E-state index in [0.717, 1.165) is 17.7 Å². The van der Waals surface area contributed by atoms with Crippen molar-refractivity contribution in [2.75, 3.05) is 12.0 Å². The molecule has 134 valence electrons. The summed E-state index contributed by atoms with van der Waals surface area (Å²) in [4.78, 5) is 15.5. The van der Waals surface area contributed by atoms with Gasteiger partial charge in [0.05, 0.1) is 24.7 Å². The summed E-state index contributed by atoms with van der Waals surface area (Å²) in [5.41, 5.74) is 5.02. The van der Waals surface area contributed by atoms with Crippen LogP contribution in [-0.2, 0) is 22.3 Å². The molecule has 0 fully saturated rings. The zero-order valence-electron chi connectivity index (χ0n) is 13.5. The van der Waals surface area contributed by atoms with Gasteiger partial charge in [0, 0.05) is 6.20 Å². The molecule has 2 rings (SSSR count). The van der Waals surface area contributed by atoms with Crippen LogP contribution >= 0.6 is 0 Å². The number of alkyl halides is 3. The maximum absolute atomic E-state index is 12.4. The van der Waals surface area contributed by atoms with E-state index in [2.05, 4.69) is 15.8 Å². The molecule has 0 spiro atoms. The lowest BCUT2D eigenvalue weighted by Gasteiger charge is -2.14. The van der Waals surface area contributed by atoms with Crippen LogP contribution in [-0.4, -0.2) is 17.5 Å². The molecular weight excluding hydrogens is 335 g/mol. The van der Waals surface area contributed by atoms with Gasteiger partial charge in [0.2, 0.25) is 5.91 Å². The van der Waals surface area contributed by atoms with E-state index in [4.69, 9.17) is 4.74 Å². The second kappa shape index (κ2) is 8.48. The molecule has 0 unspecified atom stereocenters. The molecule has 1 aromatic heterocycles. The standard InChI is InChI=1S/C17H18F3N3O2/c1-12(10-25-11-13-5-3-2-4-6-13)16(24)23-22-15-8-7-14(9-21-15)17(18,19)20/h2-9,12H,10-11H2,1H3,(H,21,22)(H,23,24)/t12-/m1/s1. The van der Waals surface area contributed by atoms with Crippen LogP contribution in [0, 0.1) is 5.92 Å². The van der Waals surface area contributed by atoms with Crippen molar-refractivity contribution in [3.05, 3.63) is 59.8 Å². The van der Waals surface area contributed by atoms with E-state index < -0.39 is 17.7 Å². The van der Waals surface area contributed by atoms with Gasteiger partial charge in [0.25, 0.3) is 0 Å². The molecule has 0 saturated heterocycles. The highest BCUT2D eigenvalue weighted by atomic mass is 19.4. The molecule has 8 heteroatoms. The summed E-state index contributed by atoms with van der Waals surface area (Å²) in [6, 6.07) is 11.6. The summed E-state index contributed by atoms with van der Waals surface area (Å²) in [5.74, 6) is -0.681. The van der Waals surface area contributed by atoms with Crippen LogP contribution < -0.4 is 10.9 Å². The molecule has 0 aliphatic rings. The first kappa shape index (κ1) is 18.7. The summed E-state index contributed by atoms with van der Waals surface area (Å²) >= 11 is 0. The van der Waals surface area contributed by atoms with Crippen molar-refractivity contribution in [2.45, 2.75) is 19.7 Å². The monoisotopic (exact) mass is 353 g/mol. The zero-order chi connectivity index (χ0) is 18.3. The van der Waals surface area contributed by atoms with Crippen molar-refractivity contribution in [2.24, 2.45) is 5.92 Å². The first-order valence-electron chi connectivity index (χ1n) is 7.57. The molecule has 1 heterocycles. The van der Waals surface area contributed by atoms with Gasteiger partial charge in [-0.2, -0.15) is 13.2 Å². The number of hydrazine groups is 1. The summed E-state index contributed by atoms with van der Waals surface area (Å²) in [7, 11) is 0. The number of benzene rings is 1. The fourth-order valence-corrected chi connectivity index (χ4v) is 1.89. The van der Waals surface area contributed by atoms with Crippen molar-refractivity contribution in [3.63, 3.8) is 0 Å². The Kier molecular flexibility index (Phi) is 6.35. The lowest BCUT2D eigenvalue weighted by molar-refractivity contribution is -0.137. The first-order chi connectivity index (χ1) is 11.9. The predicted octanol–water partition coefficient (Wildman–Crippen LogP) is 3.40. The maximum Gasteiger partial charge on any atom is 0.417 e. The summed E-state index contributed by atoms with van der Waals surface area (Å²) < 4.78 is 42.8. The number of rotatable bonds is 7. The number of nitrogens with one attached hydrogen (secondary N) is 2. The minimum absolute atomic E-state index is 0.110. The highest BCUT2D eigenvalue weighted by Crippen LogP contribution is 2.28. The highest BCUT2D eigenvalue weighted by Gasteiger charge is 2.30. The fraction of sp³-hybridized carbons (Fsp3) is 0.294. The molecule has 2 N–H and O–H groups in total. The van der Waals surface area contributed by atoms with Gasteiger partial charge in [-0.25, -0.2) is 4.98 Å². The Balaban J connectivity index is 1.73. The third-order valence-corrected chi connectivity index (χ3v) is 3.33. The first-order valence-corrected chi connectivity index (χ1v) is 7.57. The lowest BCUT2D eigenvalue weighted by Crippen LogP contribution is -2.36. The zero-order valence-corrected chi connectivity index (χ0v) is 13.5. The van der Waals surface area contributed by atoms with Gasteiger partial charge in [-0.05, 0) is 17.7 Å². The van der Waals surface area contributed by atoms with Crippen molar-refractivity contribution in [1.82, 2.24) is 10.4 Å². The number of pyridine rings is 1. The minimum Gasteiger partial charge on any atom is -0.376 e. The molecule has 0 bridgehead atoms. The molecule has 0 saturated carbocycles. The summed E-state index contributed by atoms with van der Waals surface area (Å²) in [5, 5.41) is 0. The van der Waals surface area contributed by atoms with Gasteiger partial charge in [-0.15, -0.1) is 0 Å². The van der Waals surface area contributed by atoms with Crippen LogP contribution in [0.2, 0.25) is 0 Å². The Labute approximate surface area is 143 Å². The number of ether oxygens (including phenoxy) is 1. The molecular formula is C17H18F3N3O2. The molecule has 1 atom stereocenters. The van der Waals surface area contributed by atoms with E-state index >= 15 is 0 Å². The summed E-state index contributed by atoms with van der Waals surface area (Å²) in [6.07, 6.45) is -3.75. The second-order valence-electron chi connectivity index (χ2n) is 5.45. The van der Waals surface area contributed by atoms with Crippen molar-refractivity contribution in [1.29, 1.82) is 0 Å². The van der Waals surface area contributed by atoms with Gasteiger partial charge in [-0.3, -0.25) is 15.6 Å². The second-order valence-corrected chi connectivity index (χ2v) is 5.45. The maximum atomic E-state index is 12.4. The van der Waals surface area contributed by atoms with Crippen molar-refractivity contribution in [3.8, 4) is 0 Å². The molecule has 2 aromatic rings. The molecule has 0 aliphatic heterocycles. The van der Waals surface area contributed by atoms with E-state index in [9.17, 15) is 18.0 Å². The Hall–Kier alpha value is -2.61. The van der Waals surface area contributed by atoms with Crippen molar-refractivity contribution < 1.29 is 22.7 Å². The van der Waals surface area contributed by atoms with Crippen LogP contribution in [0.4, 0.5) is 19.0 Å². The smallest absolute Gasteiger partial charge is 0.376 e. The van der Waals surface area contributed by atoms with E-state index in [0.29, 0.717) is 12.8 Å². The van der Waals surface area contributed by atoms with Crippen LogP contribution in [0.1, 0.15) is 18.1 Å². The molecule has 5 nitrogen and oxygen atoms in total. The topological polar surface area (TPSA) is 63.2 Å². The van der Waals surface area contributed by atoms with Crippen LogP contribution in [0.15, 0.2) is 48.7 Å². The minimum atomic E-state index is -4.45. The van der Waals surface area contributed by atoms with E-state index in [1.165, 1.54) is 0 Å². The van der Waals surface area contributed by atoms with Crippen LogP contribution in [0.5, 0.6) is 0 Å². The molecule has 25 heavy (non-hydrogen) atoms. The number of anilines is 1.